The first-order valence-electron chi connectivity index (χ1n) is 4.12. The molecule has 0 radical (unpaired) electrons. The van der Waals surface area contributed by atoms with Gasteiger partial charge in [0.2, 0.25) is 5.91 Å². The van der Waals surface area contributed by atoms with Crippen LogP contribution in [0.1, 0.15) is 0 Å². The molecule has 0 aromatic carbocycles. The van der Waals surface area contributed by atoms with Crippen molar-refractivity contribution in [3.63, 3.8) is 0 Å². The van der Waals surface area contributed by atoms with E-state index in [1.54, 1.807) is 0 Å². The average Bonchev–Trinajstić information content (AvgIpc) is 2.31. The van der Waals surface area contributed by atoms with Crippen molar-refractivity contribution in [3.8, 4) is 0 Å². The predicted octanol–water partition coefficient (Wildman–Crippen LogP) is -2.71. The summed E-state index contributed by atoms with van der Waals surface area (Å²) in [5, 5.41) is 0. The molecule has 0 bridgehead atoms. The summed E-state index contributed by atoms with van der Waals surface area (Å²) in [5.41, 5.74) is 10.3. The number of nitrogens with two attached hydrogens (primary N) is 2. The van der Waals surface area contributed by atoms with Crippen molar-refractivity contribution in [2.45, 2.75) is 6.04 Å². The molecule has 1 aliphatic heterocycles. The fourth-order valence-electron chi connectivity index (χ4n) is 1.18. The minimum absolute atomic E-state index is 0.0536. The van der Waals surface area contributed by atoms with Gasteiger partial charge in [-0.25, -0.2) is 0 Å². The van der Waals surface area contributed by atoms with E-state index in [0.29, 0.717) is 13.1 Å². The third-order valence-corrected chi connectivity index (χ3v) is 4.10. The van der Waals surface area contributed by atoms with E-state index in [1.165, 1.54) is 11.4 Å². The molecule has 8 heteroatoms. The highest BCUT2D eigenvalue weighted by molar-refractivity contribution is 7.87. The summed E-state index contributed by atoms with van der Waals surface area (Å²) in [4.78, 5) is 10.6. The van der Waals surface area contributed by atoms with Gasteiger partial charge >= 0.3 is 0 Å². The Balaban J connectivity index is 2.68. The lowest BCUT2D eigenvalue weighted by Gasteiger charge is -2.17. The minimum atomic E-state index is -3.42. The second kappa shape index (κ2) is 3.81. The third kappa shape index (κ3) is 2.03. The molecule has 1 heterocycles. The number of hydrogen-bond acceptors (Lipinski definition) is 4. The molecule has 14 heavy (non-hydrogen) atoms. The van der Waals surface area contributed by atoms with Crippen molar-refractivity contribution in [3.05, 3.63) is 0 Å². The van der Waals surface area contributed by atoms with Gasteiger partial charge in [-0.15, -0.1) is 0 Å². The highest BCUT2D eigenvalue weighted by Crippen LogP contribution is 2.13. The largest absolute Gasteiger partial charge is 0.368 e. The van der Waals surface area contributed by atoms with Gasteiger partial charge in [0, 0.05) is 26.7 Å². The first-order valence-corrected chi connectivity index (χ1v) is 5.51. The van der Waals surface area contributed by atoms with Gasteiger partial charge in [-0.2, -0.15) is 17.0 Å². The quantitative estimate of drug-likeness (QED) is 0.541. The zero-order valence-electron chi connectivity index (χ0n) is 7.88. The minimum Gasteiger partial charge on any atom is -0.368 e. The number of likely N-dealkylation sites (N-methyl/N-ethyl adjacent to an activating group) is 1. The van der Waals surface area contributed by atoms with E-state index in [1.807, 2.05) is 0 Å². The molecule has 1 aliphatic rings. The Bertz CT molecular complexity index is 328. The van der Waals surface area contributed by atoms with E-state index >= 15 is 0 Å². The number of nitrogens with zero attached hydrogens (tertiary/aromatic N) is 2. The van der Waals surface area contributed by atoms with E-state index in [2.05, 4.69) is 0 Å². The number of hydrogen-bond donors (Lipinski definition) is 2. The molecular formula is C6H14N4O3S. The molecule has 1 atom stereocenters. The number of amides is 1. The number of rotatable bonds is 3. The second-order valence-electron chi connectivity index (χ2n) is 3.20. The van der Waals surface area contributed by atoms with Crippen LogP contribution in [0.4, 0.5) is 0 Å². The van der Waals surface area contributed by atoms with Crippen molar-refractivity contribution >= 4 is 16.1 Å². The fourth-order valence-corrected chi connectivity index (χ4v) is 2.54. The molecular weight excluding hydrogens is 208 g/mol. The highest BCUT2D eigenvalue weighted by Gasteiger charge is 2.35. The van der Waals surface area contributed by atoms with E-state index in [4.69, 9.17) is 11.5 Å². The van der Waals surface area contributed by atoms with E-state index < -0.39 is 22.2 Å². The van der Waals surface area contributed by atoms with Crippen LogP contribution in [-0.2, 0) is 15.0 Å². The van der Waals surface area contributed by atoms with Gasteiger partial charge in [-0.1, -0.05) is 0 Å². The van der Waals surface area contributed by atoms with Crippen LogP contribution in [0, 0.1) is 0 Å². The molecule has 0 spiro atoms. The monoisotopic (exact) mass is 222 g/mol. The van der Waals surface area contributed by atoms with Crippen LogP contribution in [0.5, 0.6) is 0 Å². The predicted molar refractivity (Wildman–Crippen MR) is 50.3 cm³/mol. The number of primary amides is 1. The Morgan fingerprint density at radius 1 is 1.50 bits per heavy atom. The van der Waals surface area contributed by atoms with Crippen LogP contribution in [-0.4, -0.2) is 55.7 Å². The Morgan fingerprint density at radius 2 is 2.07 bits per heavy atom. The van der Waals surface area contributed by atoms with E-state index in [9.17, 15) is 13.2 Å². The molecule has 1 fully saturated rings. The lowest BCUT2D eigenvalue weighted by atomic mass is 10.3. The Morgan fingerprint density at radius 3 is 2.43 bits per heavy atom. The van der Waals surface area contributed by atoms with Gasteiger partial charge in [0.25, 0.3) is 10.2 Å². The molecule has 1 saturated heterocycles. The molecule has 0 aliphatic carbocycles. The average molecular weight is 222 g/mol. The summed E-state index contributed by atoms with van der Waals surface area (Å²) in [6, 6.07) is -0.948. The van der Waals surface area contributed by atoms with Crippen molar-refractivity contribution in [1.29, 1.82) is 0 Å². The van der Waals surface area contributed by atoms with Crippen LogP contribution < -0.4 is 11.5 Å². The second-order valence-corrected chi connectivity index (χ2v) is 5.23. The standard InChI is InChI=1S/C6H14N4O3S/c1-9-2-3-10(14(9,12)13)4-5(7)6(8)11/h5H,2-4,7H2,1H3,(H2,8,11). The van der Waals surface area contributed by atoms with Gasteiger partial charge in [0.05, 0.1) is 6.04 Å². The van der Waals surface area contributed by atoms with Crippen molar-refractivity contribution in [2.24, 2.45) is 11.5 Å². The maximum atomic E-state index is 11.5. The highest BCUT2D eigenvalue weighted by atomic mass is 32.2. The molecule has 0 saturated carbocycles. The summed E-state index contributed by atoms with van der Waals surface area (Å²) in [5.74, 6) is -0.699. The lowest BCUT2D eigenvalue weighted by Crippen LogP contribution is -2.47. The van der Waals surface area contributed by atoms with Crippen molar-refractivity contribution in [2.75, 3.05) is 26.7 Å². The molecule has 4 N–H and O–H groups in total. The van der Waals surface area contributed by atoms with Crippen molar-refractivity contribution < 1.29 is 13.2 Å². The third-order valence-electron chi connectivity index (χ3n) is 2.15. The van der Waals surface area contributed by atoms with Gasteiger partial charge < -0.3 is 11.5 Å². The summed E-state index contributed by atoms with van der Waals surface area (Å²) in [6.45, 7) is 0.704. The molecule has 1 unspecified atom stereocenters. The zero-order chi connectivity index (χ0) is 10.9. The van der Waals surface area contributed by atoms with Gasteiger partial charge in [-0.3, -0.25) is 4.79 Å². The molecule has 82 valence electrons. The molecule has 7 nitrogen and oxygen atoms in total. The summed E-state index contributed by atoms with van der Waals surface area (Å²) in [6.07, 6.45) is 0. The lowest BCUT2D eigenvalue weighted by molar-refractivity contribution is -0.119. The van der Waals surface area contributed by atoms with Gasteiger partial charge in [0.15, 0.2) is 0 Å². The van der Waals surface area contributed by atoms with E-state index in [0.717, 1.165) is 4.31 Å². The zero-order valence-corrected chi connectivity index (χ0v) is 8.70. The topological polar surface area (TPSA) is 110 Å². The normalized spacial score (nSPS) is 25.0. The summed E-state index contributed by atoms with van der Waals surface area (Å²) >= 11 is 0. The molecule has 1 rings (SSSR count). The Hall–Kier alpha value is -0.700. The van der Waals surface area contributed by atoms with Crippen LogP contribution in [0.25, 0.3) is 0 Å². The summed E-state index contributed by atoms with van der Waals surface area (Å²) in [7, 11) is -1.94. The van der Waals surface area contributed by atoms with E-state index in [-0.39, 0.29) is 6.54 Å². The Labute approximate surface area is 82.8 Å². The van der Waals surface area contributed by atoms with Gasteiger partial charge in [0.1, 0.15) is 0 Å². The number of carbonyl (C=O) groups is 1. The smallest absolute Gasteiger partial charge is 0.281 e. The van der Waals surface area contributed by atoms with Crippen LogP contribution >= 0.6 is 0 Å². The van der Waals surface area contributed by atoms with Crippen LogP contribution in [0.15, 0.2) is 0 Å². The molecule has 0 aromatic rings. The SMILES string of the molecule is CN1CCN(CC(N)C(N)=O)S1(=O)=O. The fraction of sp³-hybridized carbons (Fsp3) is 0.833. The first-order chi connectivity index (χ1) is 6.35. The maximum absolute atomic E-state index is 11.5. The Kier molecular flexibility index (Phi) is 3.10. The van der Waals surface area contributed by atoms with Gasteiger partial charge in [-0.05, 0) is 0 Å². The molecule has 1 amide bonds. The summed E-state index contributed by atoms with van der Waals surface area (Å²) < 4.78 is 25.4. The van der Waals surface area contributed by atoms with Crippen LogP contribution in [0.2, 0.25) is 0 Å². The maximum Gasteiger partial charge on any atom is 0.281 e. The first kappa shape index (κ1) is 11.4. The number of carbonyl (C=O) groups excluding carboxylic acids is 1. The van der Waals surface area contributed by atoms with Crippen molar-refractivity contribution in [1.82, 2.24) is 8.61 Å². The van der Waals surface area contributed by atoms with Crippen LogP contribution in [0.3, 0.4) is 0 Å². The molecule has 0 aromatic heterocycles.